The van der Waals surface area contributed by atoms with Crippen LogP contribution in [0, 0.1) is 11.3 Å². The van der Waals surface area contributed by atoms with Crippen LogP contribution in [-0.4, -0.2) is 34.0 Å². The fourth-order valence-corrected chi connectivity index (χ4v) is 3.62. The maximum atomic E-state index is 12.7. The monoisotopic (exact) mass is 388 g/mol. The number of carbonyl (C=O) groups is 1. The van der Waals surface area contributed by atoms with E-state index >= 15 is 0 Å². The van der Waals surface area contributed by atoms with Crippen molar-refractivity contribution in [2.75, 3.05) is 6.54 Å². The number of nitrogens with zero attached hydrogens (tertiary/aromatic N) is 1. The molecular weight excluding hydrogens is 352 g/mol. The molecule has 0 spiro atoms. The van der Waals surface area contributed by atoms with Gasteiger partial charge in [-0.1, -0.05) is 58.9 Å². The number of urea groups is 1. The van der Waals surface area contributed by atoms with Gasteiger partial charge in [-0.2, -0.15) is 0 Å². The van der Waals surface area contributed by atoms with Gasteiger partial charge in [-0.25, -0.2) is 4.79 Å². The van der Waals surface area contributed by atoms with Crippen LogP contribution in [0.1, 0.15) is 65.5 Å². The average molecular weight is 389 g/mol. The van der Waals surface area contributed by atoms with Crippen LogP contribution in [-0.2, 0) is 12.0 Å². The first-order chi connectivity index (χ1) is 12.9. The molecule has 5 nitrogen and oxygen atoms in total. The molecule has 0 aromatic heterocycles. The second-order valence-corrected chi connectivity index (χ2v) is 9.51. The first-order valence-electron chi connectivity index (χ1n) is 10.2. The number of rotatable bonds is 7. The second-order valence-electron chi connectivity index (χ2n) is 9.51. The summed E-state index contributed by atoms with van der Waals surface area (Å²) in [4.78, 5) is 14.2. The number of amides is 2. The van der Waals surface area contributed by atoms with Crippen LogP contribution in [0.4, 0.5) is 4.79 Å². The van der Waals surface area contributed by atoms with E-state index < -0.39 is 11.8 Å². The van der Waals surface area contributed by atoms with Gasteiger partial charge in [0.15, 0.2) is 6.29 Å². The standard InChI is InChI=1S/C23H36N2O3/c1-16(2)19-15-25(14-12-20(26)27)21(28)24-23(19,6)18-9-7-17(8-10-18)11-13-22(3,4)5/h7-10,15-16,20,26-27H,11-14H2,1-6H3,(H,24,28)/t23-/m0/s1. The Morgan fingerprint density at radius 1 is 1.14 bits per heavy atom. The first kappa shape index (κ1) is 22.4. The highest BCUT2D eigenvalue weighted by molar-refractivity contribution is 5.79. The van der Waals surface area contributed by atoms with Gasteiger partial charge in [-0.3, -0.25) is 0 Å². The fraction of sp³-hybridized carbons (Fsp3) is 0.609. The van der Waals surface area contributed by atoms with E-state index in [4.69, 9.17) is 10.2 Å². The molecule has 28 heavy (non-hydrogen) atoms. The lowest BCUT2D eigenvalue weighted by molar-refractivity contribution is -0.0472. The molecule has 1 aliphatic rings. The van der Waals surface area contributed by atoms with Gasteiger partial charge in [0.25, 0.3) is 0 Å². The summed E-state index contributed by atoms with van der Waals surface area (Å²) in [7, 11) is 0. The van der Waals surface area contributed by atoms with Crippen molar-refractivity contribution in [1.29, 1.82) is 0 Å². The number of carbonyl (C=O) groups excluding carboxylic acids is 1. The van der Waals surface area contributed by atoms with Crippen LogP contribution in [0.3, 0.4) is 0 Å². The molecule has 0 saturated carbocycles. The largest absolute Gasteiger partial charge is 0.368 e. The van der Waals surface area contributed by atoms with Gasteiger partial charge in [0.1, 0.15) is 0 Å². The minimum Gasteiger partial charge on any atom is -0.368 e. The number of aliphatic hydroxyl groups excluding tert-OH is 1. The summed E-state index contributed by atoms with van der Waals surface area (Å²) in [6, 6.07) is 8.32. The van der Waals surface area contributed by atoms with Crippen molar-refractivity contribution in [3.8, 4) is 0 Å². The van der Waals surface area contributed by atoms with Gasteiger partial charge in [-0.15, -0.1) is 0 Å². The Balaban J connectivity index is 2.27. The van der Waals surface area contributed by atoms with E-state index in [9.17, 15) is 4.79 Å². The third-order valence-corrected chi connectivity index (χ3v) is 5.44. The van der Waals surface area contributed by atoms with Crippen molar-refractivity contribution in [2.24, 2.45) is 11.3 Å². The van der Waals surface area contributed by atoms with E-state index in [0.717, 1.165) is 24.0 Å². The number of benzene rings is 1. The molecule has 2 rings (SSSR count). The van der Waals surface area contributed by atoms with E-state index in [0.29, 0.717) is 5.41 Å². The lowest BCUT2D eigenvalue weighted by Crippen LogP contribution is -2.55. The van der Waals surface area contributed by atoms with Gasteiger partial charge in [0.05, 0.1) is 5.54 Å². The zero-order valence-electron chi connectivity index (χ0n) is 18.1. The molecule has 0 bridgehead atoms. The fourth-order valence-electron chi connectivity index (χ4n) is 3.62. The minimum absolute atomic E-state index is 0.120. The molecular formula is C23H36N2O3. The van der Waals surface area contributed by atoms with E-state index in [2.05, 4.69) is 64.2 Å². The Kier molecular flexibility index (Phi) is 6.94. The van der Waals surface area contributed by atoms with Crippen molar-refractivity contribution >= 4 is 6.03 Å². The average Bonchev–Trinajstić information content (AvgIpc) is 2.58. The van der Waals surface area contributed by atoms with Crippen molar-refractivity contribution < 1.29 is 15.0 Å². The van der Waals surface area contributed by atoms with Crippen LogP contribution < -0.4 is 5.32 Å². The third-order valence-electron chi connectivity index (χ3n) is 5.44. The number of aliphatic hydroxyl groups is 2. The molecule has 1 aliphatic heterocycles. The smallest absolute Gasteiger partial charge is 0.322 e. The number of nitrogens with one attached hydrogen (secondary N) is 1. The molecule has 3 N–H and O–H groups in total. The molecule has 2 amide bonds. The highest BCUT2D eigenvalue weighted by atomic mass is 16.5. The van der Waals surface area contributed by atoms with Gasteiger partial charge < -0.3 is 20.4 Å². The van der Waals surface area contributed by atoms with E-state index in [1.54, 1.807) is 0 Å². The van der Waals surface area contributed by atoms with Gasteiger partial charge in [-0.05, 0) is 47.8 Å². The third kappa shape index (κ3) is 5.58. The Morgan fingerprint density at radius 2 is 1.75 bits per heavy atom. The molecule has 1 aromatic carbocycles. The summed E-state index contributed by atoms with van der Waals surface area (Å²) in [5.74, 6) is 0.229. The Morgan fingerprint density at radius 3 is 2.25 bits per heavy atom. The highest BCUT2D eigenvalue weighted by Gasteiger charge is 2.39. The summed E-state index contributed by atoms with van der Waals surface area (Å²) < 4.78 is 0. The predicted molar refractivity (Wildman–Crippen MR) is 113 cm³/mol. The molecule has 156 valence electrons. The van der Waals surface area contributed by atoms with Crippen LogP contribution in [0.15, 0.2) is 36.0 Å². The summed E-state index contributed by atoms with van der Waals surface area (Å²) >= 11 is 0. The van der Waals surface area contributed by atoms with Crippen LogP contribution >= 0.6 is 0 Å². The minimum atomic E-state index is -1.42. The Labute approximate surface area is 169 Å². The Hall–Kier alpha value is -1.85. The van der Waals surface area contributed by atoms with E-state index in [1.165, 1.54) is 10.5 Å². The Bertz CT molecular complexity index is 702. The molecule has 0 fully saturated rings. The van der Waals surface area contributed by atoms with Crippen molar-refractivity contribution in [1.82, 2.24) is 10.2 Å². The molecule has 0 unspecified atom stereocenters. The maximum Gasteiger partial charge on any atom is 0.322 e. The van der Waals surface area contributed by atoms with Crippen LogP contribution in [0.5, 0.6) is 0 Å². The summed E-state index contributed by atoms with van der Waals surface area (Å²) in [5, 5.41) is 21.4. The van der Waals surface area contributed by atoms with Crippen molar-refractivity contribution in [3.63, 3.8) is 0 Å². The molecule has 1 heterocycles. The van der Waals surface area contributed by atoms with Gasteiger partial charge in [0.2, 0.25) is 0 Å². The first-order valence-corrected chi connectivity index (χ1v) is 10.2. The maximum absolute atomic E-state index is 12.7. The molecule has 0 radical (unpaired) electrons. The lowest BCUT2D eigenvalue weighted by Gasteiger charge is -2.42. The normalized spacial score (nSPS) is 20.6. The SMILES string of the molecule is CC(C)C1=CN(CCC(O)O)C(=O)N[C@@]1(C)c1ccc(CCC(C)(C)C)cc1. The molecule has 5 heteroatoms. The molecule has 0 aliphatic carbocycles. The van der Waals surface area contributed by atoms with Crippen LogP contribution in [0.25, 0.3) is 0 Å². The predicted octanol–water partition coefficient (Wildman–Crippen LogP) is 4.15. The molecule has 1 atom stereocenters. The topological polar surface area (TPSA) is 72.8 Å². The van der Waals surface area contributed by atoms with Crippen molar-refractivity contribution in [3.05, 3.63) is 47.2 Å². The summed E-state index contributed by atoms with van der Waals surface area (Å²) in [5.41, 5.74) is 3.19. The number of hydrogen-bond acceptors (Lipinski definition) is 3. The van der Waals surface area contributed by atoms with Crippen molar-refractivity contribution in [2.45, 2.75) is 72.6 Å². The van der Waals surface area contributed by atoms with E-state index in [1.807, 2.05) is 13.1 Å². The molecule has 0 saturated heterocycles. The number of hydrogen-bond donors (Lipinski definition) is 3. The summed E-state index contributed by atoms with van der Waals surface area (Å²) in [6.07, 6.45) is 2.74. The quantitative estimate of drug-likeness (QED) is 0.615. The second kappa shape index (κ2) is 8.66. The molecule has 1 aromatic rings. The van der Waals surface area contributed by atoms with Gasteiger partial charge >= 0.3 is 6.03 Å². The zero-order valence-corrected chi connectivity index (χ0v) is 18.1. The van der Waals surface area contributed by atoms with Gasteiger partial charge in [0, 0.05) is 19.2 Å². The number of aryl methyl sites for hydroxylation is 1. The lowest BCUT2D eigenvalue weighted by atomic mass is 9.78. The zero-order chi connectivity index (χ0) is 21.1. The van der Waals surface area contributed by atoms with Crippen LogP contribution in [0.2, 0.25) is 0 Å². The summed E-state index contributed by atoms with van der Waals surface area (Å²) in [6.45, 7) is 13.3. The highest BCUT2D eigenvalue weighted by Crippen LogP contribution is 2.37. The van der Waals surface area contributed by atoms with E-state index in [-0.39, 0.29) is 24.9 Å².